The minimum absolute atomic E-state index is 0.0524. The van der Waals surface area contributed by atoms with Crippen molar-refractivity contribution in [1.29, 1.82) is 0 Å². The quantitative estimate of drug-likeness (QED) is 0.730. The van der Waals surface area contributed by atoms with E-state index >= 15 is 0 Å². The molecule has 1 atom stereocenters. The lowest BCUT2D eigenvalue weighted by Crippen LogP contribution is -2.39. The van der Waals surface area contributed by atoms with Crippen LogP contribution in [0.4, 0.5) is 0 Å². The molecule has 3 aromatic heterocycles. The first-order valence-electron chi connectivity index (χ1n) is 8.72. The van der Waals surface area contributed by atoms with Crippen molar-refractivity contribution in [2.24, 2.45) is 0 Å². The standard InChI is InChI=1S/C20H19N5O/c26-20(16-5-9-22-10-6-16)25-11-1-2-17(13-25)19-18(12-23-14-24-19)15-3-7-21-8-4-15/h3-10,12,14,17H,1-2,11,13H2. The lowest BCUT2D eigenvalue weighted by atomic mass is 9.90. The Kier molecular flexibility index (Phi) is 4.64. The van der Waals surface area contributed by atoms with Crippen LogP contribution in [0.3, 0.4) is 0 Å². The number of carbonyl (C=O) groups excluding carboxylic acids is 1. The van der Waals surface area contributed by atoms with Gasteiger partial charge in [-0.25, -0.2) is 9.97 Å². The molecule has 0 aliphatic carbocycles. The molecule has 1 unspecified atom stereocenters. The molecular weight excluding hydrogens is 326 g/mol. The normalized spacial score (nSPS) is 17.1. The van der Waals surface area contributed by atoms with Gasteiger partial charge in [0.2, 0.25) is 0 Å². The number of likely N-dealkylation sites (tertiary alicyclic amines) is 1. The van der Waals surface area contributed by atoms with Gasteiger partial charge in [-0.15, -0.1) is 0 Å². The highest BCUT2D eigenvalue weighted by Crippen LogP contribution is 2.32. The summed E-state index contributed by atoms with van der Waals surface area (Å²) in [6.45, 7) is 1.43. The lowest BCUT2D eigenvalue weighted by Gasteiger charge is -2.33. The molecule has 6 nitrogen and oxygen atoms in total. The van der Waals surface area contributed by atoms with E-state index < -0.39 is 0 Å². The first-order valence-corrected chi connectivity index (χ1v) is 8.72. The summed E-state index contributed by atoms with van der Waals surface area (Å²) in [6.07, 6.45) is 12.3. The van der Waals surface area contributed by atoms with Crippen molar-refractivity contribution in [3.05, 3.63) is 72.8 Å². The Bertz CT molecular complexity index is 885. The smallest absolute Gasteiger partial charge is 0.253 e. The molecule has 0 radical (unpaired) electrons. The van der Waals surface area contributed by atoms with Crippen LogP contribution in [-0.4, -0.2) is 43.8 Å². The number of carbonyl (C=O) groups is 1. The van der Waals surface area contributed by atoms with E-state index in [4.69, 9.17) is 0 Å². The predicted octanol–water partition coefficient (Wildman–Crippen LogP) is 2.95. The van der Waals surface area contributed by atoms with Crippen LogP contribution < -0.4 is 0 Å². The lowest BCUT2D eigenvalue weighted by molar-refractivity contribution is 0.0706. The minimum atomic E-state index is 0.0524. The second kappa shape index (κ2) is 7.39. The Morgan fingerprint density at radius 2 is 1.73 bits per heavy atom. The molecule has 130 valence electrons. The summed E-state index contributed by atoms with van der Waals surface area (Å²) in [5, 5.41) is 0. The Morgan fingerprint density at radius 1 is 1.00 bits per heavy atom. The highest BCUT2D eigenvalue weighted by atomic mass is 16.2. The number of pyridine rings is 2. The topological polar surface area (TPSA) is 71.9 Å². The molecule has 1 amide bonds. The highest BCUT2D eigenvalue weighted by molar-refractivity contribution is 5.94. The fraction of sp³-hybridized carbons (Fsp3) is 0.250. The molecule has 4 heterocycles. The maximum absolute atomic E-state index is 12.8. The van der Waals surface area contributed by atoms with E-state index in [1.54, 1.807) is 43.2 Å². The minimum Gasteiger partial charge on any atom is -0.338 e. The number of hydrogen-bond acceptors (Lipinski definition) is 5. The monoisotopic (exact) mass is 345 g/mol. The van der Waals surface area contributed by atoms with E-state index in [1.165, 1.54) is 0 Å². The summed E-state index contributed by atoms with van der Waals surface area (Å²) in [6, 6.07) is 7.45. The van der Waals surface area contributed by atoms with Gasteiger partial charge in [-0.05, 0) is 42.7 Å². The van der Waals surface area contributed by atoms with E-state index in [9.17, 15) is 4.79 Å². The third-order valence-corrected chi connectivity index (χ3v) is 4.76. The van der Waals surface area contributed by atoms with Crippen molar-refractivity contribution in [2.75, 3.05) is 13.1 Å². The molecule has 0 saturated carbocycles. The number of rotatable bonds is 3. The van der Waals surface area contributed by atoms with E-state index in [0.717, 1.165) is 36.2 Å². The Morgan fingerprint density at radius 3 is 2.50 bits per heavy atom. The van der Waals surface area contributed by atoms with Gasteiger partial charge in [-0.2, -0.15) is 0 Å². The second-order valence-electron chi connectivity index (χ2n) is 6.38. The predicted molar refractivity (Wildman–Crippen MR) is 97.4 cm³/mol. The third kappa shape index (κ3) is 3.31. The molecular formula is C20H19N5O. The number of amides is 1. The van der Waals surface area contributed by atoms with Crippen molar-refractivity contribution in [2.45, 2.75) is 18.8 Å². The van der Waals surface area contributed by atoms with Gasteiger partial charge in [0, 0.05) is 61.1 Å². The van der Waals surface area contributed by atoms with Crippen molar-refractivity contribution < 1.29 is 4.79 Å². The molecule has 0 bridgehead atoms. The summed E-state index contributed by atoms with van der Waals surface area (Å²) in [7, 11) is 0. The van der Waals surface area contributed by atoms with Gasteiger partial charge in [0.25, 0.3) is 5.91 Å². The highest BCUT2D eigenvalue weighted by Gasteiger charge is 2.28. The van der Waals surface area contributed by atoms with Crippen LogP contribution in [0.2, 0.25) is 0 Å². The maximum Gasteiger partial charge on any atom is 0.253 e. The van der Waals surface area contributed by atoms with Crippen molar-refractivity contribution >= 4 is 5.91 Å². The van der Waals surface area contributed by atoms with Crippen molar-refractivity contribution in [3.8, 4) is 11.1 Å². The first kappa shape index (κ1) is 16.3. The Hall–Kier alpha value is -3.15. The zero-order valence-corrected chi connectivity index (χ0v) is 14.3. The molecule has 1 aliphatic heterocycles. The molecule has 0 spiro atoms. The van der Waals surface area contributed by atoms with E-state index in [2.05, 4.69) is 19.9 Å². The molecule has 4 rings (SSSR count). The number of aromatic nitrogens is 4. The molecule has 26 heavy (non-hydrogen) atoms. The first-order chi connectivity index (χ1) is 12.8. The van der Waals surface area contributed by atoms with E-state index in [1.807, 2.05) is 23.2 Å². The van der Waals surface area contributed by atoms with Crippen LogP contribution in [0.25, 0.3) is 11.1 Å². The average Bonchev–Trinajstić information content (AvgIpc) is 2.74. The van der Waals surface area contributed by atoms with Crippen molar-refractivity contribution in [3.63, 3.8) is 0 Å². The Balaban J connectivity index is 1.60. The fourth-order valence-corrected chi connectivity index (χ4v) is 3.48. The maximum atomic E-state index is 12.8. The van der Waals surface area contributed by atoms with Gasteiger partial charge in [0.1, 0.15) is 6.33 Å². The SMILES string of the molecule is O=C(c1ccncc1)N1CCCC(c2ncncc2-c2ccncc2)C1. The van der Waals surface area contributed by atoms with Crippen LogP contribution in [0.15, 0.2) is 61.6 Å². The number of hydrogen-bond donors (Lipinski definition) is 0. The molecule has 1 aliphatic rings. The van der Waals surface area contributed by atoms with Gasteiger partial charge in [-0.1, -0.05) is 0 Å². The summed E-state index contributed by atoms with van der Waals surface area (Å²) in [5.74, 6) is 0.248. The van der Waals surface area contributed by atoms with Gasteiger partial charge < -0.3 is 4.90 Å². The molecule has 1 fully saturated rings. The zero-order chi connectivity index (χ0) is 17.8. The van der Waals surface area contributed by atoms with Gasteiger partial charge in [0.05, 0.1) is 5.69 Å². The number of nitrogens with zero attached hydrogens (tertiary/aromatic N) is 5. The van der Waals surface area contributed by atoms with Crippen LogP contribution in [0.5, 0.6) is 0 Å². The average molecular weight is 345 g/mol. The summed E-state index contributed by atoms with van der Waals surface area (Å²) < 4.78 is 0. The van der Waals surface area contributed by atoms with Gasteiger partial charge in [-0.3, -0.25) is 14.8 Å². The molecule has 6 heteroatoms. The molecule has 3 aromatic rings. The molecule has 0 N–H and O–H groups in total. The summed E-state index contributed by atoms with van der Waals surface area (Å²) >= 11 is 0. The largest absolute Gasteiger partial charge is 0.338 e. The summed E-state index contributed by atoms with van der Waals surface area (Å²) in [4.78, 5) is 31.5. The summed E-state index contributed by atoms with van der Waals surface area (Å²) in [5.41, 5.74) is 3.74. The Labute approximate surface area is 152 Å². The fourth-order valence-electron chi connectivity index (χ4n) is 3.48. The molecule has 1 saturated heterocycles. The van der Waals surface area contributed by atoms with E-state index in [-0.39, 0.29) is 11.8 Å². The third-order valence-electron chi connectivity index (χ3n) is 4.76. The van der Waals surface area contributed by atoms with Crippen LogP contribution in [0.1, 0.15) is 34.8 Å². The van der Waals surface area contributed by atoms with Crippen molar-refractivity contribution in [1.82, 2.24) is 24.8 Å². The van der Waals surface area contributed by atoms with Crippen LogP contribution in [-0.2, 0) is 0 Å². The van der Waals surface area contributed by atoms with Crippen LogP contribution in [0, 0.1) is 0 Å². The molecule has 0 aromatic carbocycles. The van der Waals surface area contributed by atoms with Crippen LogP contribution >= 0.6 is 0 Å². The van der Waals surface area contributed by atoms with E-state index in [0.29, 0.717) is 12.1 Å². The van der Waals surface area contributed by atoms with Gasteiger partial charge >= 0.3 is 0 Å². The second-order valence-corrected chi connectivity index (χ2v) is 6.38. The number of piperidine rings is 1. The zero-order valence-electron chi connectivity index (χ0n) is 14.3. The van der Waals surface area contributed by atoms with Gasteiger partial charge in [0.15, 0.2) is 0 Å².